The van der Waals surface area contributed by atoms with E-state index in [1.807, 2.05) is 6.07 Å². The average molecular weight is 215 g/mol. The summed E-state index contributed by atoms with van der Waals surface area (Å²) < 4.78 is 0. The first-order valence-electron chi connectivity index (χ1n) is 5.92. The topological polar surface area (TPSA) is 23.5 Å². The molecule has 0 radical (unpaired) electrons. The van der Waals surface area contributed by atoms with Gasteiger partial charge in [0.15, 0.2) is 0 Å². The lowest BCUT2D eigenvalue weighted by molar-refractivity contribution is 0.251. The number of phenolic OH excluding ortho intramolecular Hbond substituents is 1. The second kappa shape index (κ2) is 3.03. The van der Waals surface area contributed by atoms with E-state index in [1.165, 1.54) is 11.1 Å². The van der Waals surface area contributed by atoms with Crippen molar-refractivity contribution >= 4 is 0 Å². The highest BCUT2D eigenvalue weighted by Gasteiger charge is 2.43. The summed E-state index contributed by atoms with van der Waals surface area (Å²) in [5.41, 5.74) is 2.79. The zero-order chi connectivity index (χ0) is 11.3. The molecule has 2 aliphatic rings. The van der Waals surface area contributed by atoms with Crippen molar-refractivity contribution in [3.63, 3.8) is 0 Å². The molecule has 2 bridgehead atoms. The standard InChI is InChI=1S/C14H17NO/c1-3-15-7-6-14(2)9-13(15)11-5-4-10(16)8-12(11)14/h4-8,13,16H,3,9H2,1-2H3. The predicted octanol–water partition coefficient (Wildman–Crippen LogP) is 2.94. The van der Waals surface area contributed by atoms with E-state index in [0.717, 1.165) is 13.0 Å². The number of allylic oxidation sites excluding steroid dienone is 1. The Morgan fingerprint density at radius 1 is 1.50 bits per heavy atom. The van der Waals surface area contributed by atoms with Crippen LogP contribution in [0.15, 0.2) is 30.5 Å². The zero-order valence-electron chi connectivity index (χ0n) is 9.77. The highest BCUT2D eigenvalue weighted by molar-refractivity contribution is 5.50. The fraction of sp³-hybridized carbons (Fsp3) is 0.429. The summed E-state index contributed by atoms with van der Waals surface area (Å²) in [4.78, 5) is 2.38. The Morgan fingerprint density at radius 2 is 2.31 bits per heavy atom. The van der Waals surface area contributed by atoms with Crippen molar-refractivity contribution in [1.29, 1.82) is 0 Å². The zero-order valence-corrected chi connectivity index (χ0v) is 9.77. The fourth-order valence-corrected chi connectivity index (χ4v) is 3.09. The second-order valence-electron chi connectivity index (χ2n) is 5.06. The van der Waals surface area contributed by atoms with E-state index in [9.17, 15) is 5.11 Å². The number of hydrogen-bond acceptors (Lipinski definition) is 2. The van der Waals surface area contributed by atoms with Gasteiger partial charge in [0.2, 0.25) is 0 Å². The highest BCUT2D eigenvalue weighted by atomic mass is 16.3. The minimum absolute atomic E-state index is 0.115. The molecule has 84 valence electrons. The molecule has 1 aliphatic heterocycles. The molecule has 0 saturated carbocycles. The maximum atomic E-state index is 9.62. The van der Waals surface area contributed by atoms with Gasteiger partial charge in [-0.2, -0.15) is 0 Å². The van der Waals surface area contributed by atoms with Crippen LogP contribution in [-0.4, -0.2) is 16.6 Å². The van der Waals surface area contributed by atoms with E-state index in [1.54, 1.807) is 6.07 Å². The Bertz CT molecular complexity index is 466. The summed E-state index contributed by atoms with van der Waals surface area (Å²) in [5.74, 6) is 0.379. The Balaban J connectivity index is 2.18. The fourth-order valence-electron chi connectivity index (χ4n) is 3.09. The molecule has 1 aliphatic carbocycles. The third kappa shape index (κ3) is 1.13. The smallest absolute Gasteiger partial charge is 0.115 e. The monoisotopic (exact) mass is 215 g/mol. The molecule has 0 aromatic heterocycles. The molecular formula is C14H17NO. The van der Waals surface area contributed by atoms with Crippen LogP contribution in [0.5, 0.6) is 5.75 Å². The normalized spacial score (nSPS) is 30.6. The summed E-state index contributed by atoms with van der Waals surface area (Å²) in [6.07, 6.45) is 5.62. The first-order chi connectivity index (χ1) is 7.64. The number of hydrogen-bond donors (Lipinski definition) is 1. The largest absolute Gasteiger partial charge is 0.508 e. The van der Waals surface area contributed by atoms with Gasteiger partial charge in [-0.3, -0.25) is 0 Å². The lowest BCUT2D eigenvalue weighted by Gasteiger charge is -2.33. The Hall–Kier alpha value is -1.44. The summed E-state index contributed by atoms with van der Waals surface area (Å²) >= 11 is 0. The number of phenols is 1. The molecule has 1 heterocycles. The van der Waals surface area contributed by atoms with Crippen molar-refractivity contribution in [2.45, 2.75) is 31.7 Å². The molecular weight excluding hydrogens is 198 g/mol. The summed E-state index contributed by atoms with van der Waals surface area (Å²) in [6.45, 7) is 5.48. The van der Waals surface area contributed by atoms with Crippen LogP contribution in [0.2, 0.25) is 0 Å². The van der Waals surface area contributed by atoms with Crippen molar-refractivity contribution in [2.75, 3.05) is 6.54 Å². The van der Waals surface area contributed by atoms with Crippen LogP contribution in [0.25, 0.3) is 0 Å². The van der Waals surface area contributed by atoms with Crippen LogP contribution in [-0.2, 0) is 5.41 Å². The molecule has 2 nitrogen and oxygen atoms in total. The van der Waals surface area contributed by atoms with Gasteiger partial charge in [-0.05, 0) is 42.8 Å². The first-order valence-corrected chi connectivity index (χ1v) is 5.92. The van der Waals surface area contributed by atoms with E-state index in [0.29, 0.717) is 11.8 Å². The van der Waals surface area contributed by atoms with Crippen LogP contribution < -0.4 is 0 Å². The molecule has 0 spiro atoms. The van der Waals surface area contributed by atoms with E-state index in [-0.39, 0.29) is 5.41 Å². The van der Waals surface area contributed by atoms with Gasteiger partial charge in [0.25, 0.3) is 0 Å². The van der Waals surface area contributed by atoms with Gasteiger partial charge in [0.05, 0.1) is 6.04 Å². The third-order valence-corrected chi connectivity index (χ3v) is 4.03. The van der Waals surface area contributed by atoms with Crippen LogP contribution >= 0.6 is 0 Å². The van der Waals surface area contributed by atoms with Crippen molar-refractivity contribution in [2.24, 2.45) is 0 Å². The van der Waals surface area contributed by atoms with Crippen molar-refractivity contribution in [3.8, 4) is 5.75 Å². The molecule has 1 aromatic rings. The number of rotatable bonds is 1. The van der Waals surface area contributed by atoms with E-state index < -0.39 is 0 Å². The van der Waals surface area contributed by atoms with Gasteiger partial charge in [-0.1, -0.05) is 19.1 Å². The van der Waals surface area contributed by atoms with E-state index >= 15 is 0 Å². The average Bonchev–Trinajstić information content (AvgIpc) is 2.49. The lowest BCUT2D eigenvalue weighted by atomic mass is 9.83. The molecule has 0 amide bonds. The molecule has 1 aromatic carbocycles. The van der Waals surface area contributed by atoms with Crippen molar-refractivity contribution in [1.82, 2.24) is 4.90 Å². The van der Waals surface area contributed by atoms with E-state index in [4.69, 9.17) is 0 Å². The molecule has 0 fully saturated rings. The van der Waals surface area contributed by atoms with Gasteiger partial charge in [0, 0.05) is 12.0 Å². The molecule has 16 heavy (non-hydrogen) atoms. The van der Waals surface area contributed by atoms with Crippen LogP contribution in [0.4, 0.5) is 0 Å². The maximum Gasteiger partial charge on any atom is 0.115 e. The van der Waals surface area contributed by atoms with Crippen molar-refractivity contribution in [3.05, 3.63) is 41.6 Å². The SMILES string of the molecule is CCN1C=CC2(C)CC1c1ccc(O)cc12. The molecule has 2 atom stereocenters. The highest BCUT2D eigenvalue weighted by Crippen LogP contribution is 2.51. The minimum atomic E-state index is 0.115. The summed E-state index contributed by atoms with van der Waals surface area (Å²) in [6, 6.07) is 6.31. The third-order valence-electron chi connectivity index (χ3n) is 4.03. The molecule has 2 heteroatoms. The van der Waals surface area contributed by atoms with Gasteiger partial charge in [0.1, 0.15) is 5.75 Å². The Morgan fingerprint density at radius 3 is 3.06 bits per heavy atom. The maximum absolute atomic E-state index is 9.62. The van der Waals surface area contributed by atoms with Gasteiger partial charge in [-0.25, -0.2) is 0 Å². The minimum Gasteiger partial charge on any atom is -0.508 e. The number of aromatic hydroxyl groups is 1. The summed E-state index contributed by atoms with van der Waals surface area (Å²) in [7, 11) is 0. The number of fused-ring (bicyclic) bond motifs is 5. The molecule has 3 rings (SSSR count). The predicted molar refractivity (Wildman–Crippen MR) is 64.3 cm³/mol. The number of nitrogens with zero attached hydrogens (tertiary/aromatic N) is 1. The first kappa shape index (κ1) is 9.76. The Kier molecular flexibility index (Phi) is 1.85. The quantitative estimate of drug-likeness (QED) is 0.778. The van der Waals surface area contributed by atoms with Gasteiger partial charge < -0.3 is 10.0 Å². The van der Waals surface area contributed by atoms with Crippen LogP contribution in [0.3, 0.4) is 0 Å². The molecule has 0 saturated heterocycles. The van der Waals surface area contributed by atoms with Gasteiger partial charge in [-0.15, -0.1) is 0 Å². The number of benzene rings is 1. The van der Waals surface area contributed by atoms with Crippen LogP contribution in [0, 0.1) is 0 Å². The molecule has 2 unspecified atom stereocenters. The van der Waals surface area contributed by atoms with Gasteiger partial charge >= 0.3 is 0 Å². The molecule has 1 N–H and O–H groups in total. The summed E-state index contributed by atoms with van der Waals surface area (Å²) in [5, 5.41) is 9.62. The second-order valence-corrected chi connectivity index (χ2v) is 5.06. The van der Waals surface area contributed by atoms with Crippen molar-refractivity contribution < 1.29 is 5.11 Å². The van der Waals surface area contributed by atoms with E-state index in [2.05, 4.69) is 37.1 Å². The lowest BCUT2D eigenvalue weighted by Crippen LogP contribution is -2.28. The van der Waals surface area contributed by atoms with Crippen LogP contribution in [0.1, 0.15) is 37.4 Å². The Labute approximate surface area is 96.2 Å².